The Morgan fingerprint density at radius 1 is 1.47 bits per heavy atom. The fraction of sp³-hybridized carbons (Fsp3) is 0.727. The molecule has 110 valence electrons. The summed E-state index contributed by atoms with van der Waals surface area (Å²) in [6.45, 7) is 3.85. The first-order chi connectivity index (χ1) is 8.59. The summed E-state index contributed by atoms with van der Waals surface area (Å²) in [4.78, 5) is 10.8. The van der Waals surface area contributed by atoms with Crippen molar-refractivity contribution >= 4 is 5.97 Å². The van der Waals surface area contributed by atoms with Gasteiger partial charge in [0.2, 0.25) is 0 Å². The Labute approximate surface area is 106 Å². The van der Waals surface area contributed by atoms with Crippen LogP contribution in [0.4, 0.5) is 22.0 Å². The quantitative estimate of drug-likeness (QED) is 0.443. The van der Waals surface area contributed by atoms with E-state index in [1.165, 1.54) is 6.92 Å². The van der Waals surface area contributed by atoms with Gasteiger partial charge < -0.3 is 9.47 Å². The van der Waals surface area contributed by atoms with E-state index >= 15 is 0 Å². The van der Waals surface area contributed by atoms with Gasteiger partial charge in [0.15, 0.2) is 0 Å². The summed E-state index contributed by atoms with van der Waals surface area (Å²) in [6, 6.07) is 0. The Balaban J connectivity index is 2.58. The molecule has 0 amide bonds. The van der Waals surface area contributed by atoms with Gasteiger partial charge in [-0.25, -0.2) is 4.79 Å². The number of hydrogen-bond acceptors (Lipinski definition) is 3. The molecule has 1 rings (SSSR count). The third-order valence-corrected chi connectivity index (χ3v) is 2.83. The number of carbonyl (C=O) groups excluding carboxylic acids is 1. The standard InChI is InChI=1S/C11H13F5O3/c1-3-9(17)19-6(2)4-8-7(5-18-8)10(12,13)11(14,15)16/h3,6-8H,1,4-5H2,2H3. The van der Waals surface area contributed by atoms with Crippen LogP contribution in [0.25, 0.3) is 0 Å². The van der Waals surface area contributed by atoms with Crippen molar-refractivity contribution in [2.45, 2.75) is 37.7 Å². The van der Waals surface area contributed by atoms with Gasteiger partial charge in [-0.2, -0.15) is 22.0 Å². The van der Waals surface area contributed by atoms with Crippen molar-refractivity contribution in [2.24, 2.45) is 5.92 Å². The van der Waals surface area contributed by atoms with Crippen LogP contribution in [0.15, 0.2) is 12.7 Å². The van der Waals surface area contributed by atoms with E-state index < -0.39 is 42.8 Å². The fourth-order valence-electron chi connectivity index (χ4n) is 1.73. The lowest BCUT2D eigenvalue weighted by atomic mass is 9.87. The fourth-order valence-corrected chi connectivity index (χ4v) is 1.73. The zero-order chi connectivity index (χ0) is 14.8. The number of alkyl halides is 5. The van der Waals surface area contributed by atoms with E-state index in [2.05, 4.69) is 11.3 Å². The molecular formula is C11H13F5O3. The highest BCUT2D eigenvalue weighted by atomic mass is 19.4. The van der Waals surface area contributed by atoms with Gasteiger partial charge in [0.25, 0.3) is 0 Å². The molecule has 8 heteroatoms. The van der Waals surface area contributed by atoms with Gasteiger partial charge in [0.05, 0.1) is 18.6 Å². The van der Waals surface area contributed by atoms with Gasteiger partial charge in [-0.05, 0) is 6.92 Å². The first-order valence-electron chi connectivity index (χ1n) is 5.48. The van der Waals surface area contributed by atoms with E-state index in [0.717, 1.165) is 6.08 Å². The van der Waals surface area contributed by atoms with Crippen LogP contribution in [-0.4, -0.2) is 36.9 Å². The summed E-state index contributed by atoms with van der Waals surface area (Å²) in [5.74, 6) is -7.53. The second-order valence-corrected chi connectivity index (χ2v) is 4.29. The maximum atomic E-state index is 13.1. The van der Waals surface area contributed by atoms with Crippen molar-refractivity contribution in [2.75, 3.05) is 6.61 Å². The highest BCUT2D eigenvalue weighted by molar-refractivity contribution is 5.81. The molecule has 0 saturated carbocycles. The molecule has 19 heavy (non-hydrogen) atoms. The van der Waals surface area contributed by atoms with Crippen LogP contribution < -0.4 is 0 Å². The van der Waals surface area contributed by atoms with Crippen molar-refractivity contribution in [3.05, 3.63) is 12.7 Å². The molecule has 3 unspecified atom stereocenters. The molecule has 0 aromatic heterocycles. The molecule has 1 fully saturated rings. The first-order valence-corrected chi connectivity index (χ1v) is 5.48. The average Bonchev–Trinajstić information content (AvgIpc) is 2.22. The Morgan fingerprint density at radius 3 is 2.42 bits per heavy atom. The lowest BCUT2D eigenvalue weighted by molar-refractivity contribution is -0.344. The minimum Gasteiger partial charge on any atom is -0.459 e. The molecule has 0 aromatic rings. The van der Waals surface area contributed by atoms with Gasteiger partial charge >= 0.3 is 18.1 Å². The summed E-state index contributed by atoms with van der Waals surface area (Å²) < 4.78 is 72.1. The molecule has 1 aliphatic heterocycles. The molecule has 1 aliphatic rings. The number of carbonyl (C=O) groups is 1. The maximum Gasteiger partial charge on any atom is 0.453 e. The molecule has 3 atom stereocenters. The molecule has 1 saturated heterocycles. The van der Waals surface area contributed by atoms with Gasteiger partial charge in [0, 0.05) is 12.5 Å². The minimum atomic E-state index is -5.61. The van der Waals surface area contributed by atoms with Crippen LogP contribution in [0.5, 0.6) is 0 Å². The SMILES string of the molecule is C=CC(=O)OC(C)CC1OCC1C(F)(F)C(F)(F)F. The summed E-state index contributed by atoms with van der Waals surface area (Å²) >= 11 is 0. The molecule has 0 aliphatic carbocycles. The Hall–Kier alpha value is -1.18. The zero-order valence-corrected chi connectivity index (χ0v) is 10.0. The van der Waals surface area contributed by atoms with Gasteiger partial charge in [-0.3, -0.25) is 0 Å². The second-order valence-electron chi connectivity index (χ2n) is 4.29. The predicted molar refractivity (Wildman–Crippen MR) is 54.6 cm³/mol. The molecule has 0 radical (unpaired) electrons. The Kier molecular flexibility index (Phi) is 4.54. The summed E-state index contributed by atoms with van der Waals surface area (Å²) in [5, 5.41) is 0. The smallest absolute Gasteiger partial charge is 0.453 e. The Morgan fingerprint density at radius 2 is 2.05 bits per heavy atom. The number of halogens is 5. The topological polar surface area (TPSA) is 35.5 Å². The van der Waals surface area contributed by atoms with Crippen molar-refractivity contribution in [3.8, 4) is 0 Å². The molecule has 0 spiro atoms. The summed E-state index contributed by atoms with van der Waals surface area (Å²) in [6.07, 6.45) is -7.08. The largest absolute Gasteiger partial charge is 0.459 e. The normalized spacial score (nSPS) is 25.4. The molecule has 1 heterocycles. The molecule has 3 nitrogen and oxygen atoms in total. The molecular weight excluding hydrogens is 275 g/mol. The average molecular weight is 288 g/mol. The van der Waals surface area contributed by atoms with Crippen molar-refractivity contribution in [1.82, 2.24) is 0 Å². The van der Waals surface area contributed by atoms with E-state index in [1.807, 2.05) is 0 Å². The van der Waals surface area contributed by atoms with E-state index in [0.29, 0.717) is 0 Å². The number of ether oxygens (including phenoxy) is 2. The number of esters is 1. The minimum absolute atomic E-state index is 0.226. The van der Waals surface area contributed by atoms with Crippen molar-refractivity contribution < 1.29 is 36.2 Å². The van der Waals surface area contributed by atoms with Crippen LogP contribution in [0.3, 0.4) is 0 Å². The van der Waals surface area contributed by atoms with Crippen LogP contribution in [0.2, 0.25) is 0 Å². The third-order valence-electron chi connectivity index (χ3n) is 2.83. The van der Waals surface area contributed by atoms with Gasteiger partial charge in [0.1, 0.15) is 6.10 Å². The number of rotatable bonds is 5. The lowest BCUT2D eigenvalue weighted by Gasteiger charge is -2.42. The third kappa shape index (κ3) is 3.43. The molecule has 0 aromatic carbocycles. The van der Waals surface area contributed by atoms with E-state index in [4.69, 9.17) is 4.74 Å². The second kappa shape index (κ2) is 5.44. The van der Waals surface area contributed by atoms with Gasteiger partial charge in [-0.1, -0.05) is 6.58 Å². The highest BCUT2D eigenvalue weighted by Gasteiger charge is 2.66. The van der Waals surface area contributed by atoms with Crippen molar-refractivity contribution in [3.63, 3.8) is 0 Å². The van der Waals surface area contributed by atoms with Crippen LogP contribution in [0, 0.1) is 5.92 Å². The maximum absolute atomic E-state index is 13.1. The van der Waals surface area contributed by atoms with Crippen molar-refractivity contribution in [1.29, 1.82) is 0 Å². The highest BCUT2D eigenvalue weighted by Crippen LogP contribution is 2.47. The molecule has 0 N–H and O–H groups in total. The van der Waals surface area contributed by atoms with E-state index in [-0.39, 0.29) is 6.42 Å². The zero-order valence-electron chi connectivity index (χ0n) is 10.0. The van der Waals surface area contributed by atoms with Crippen LogP contribution in [0.1, 0.15) is 13.3 Å². The van der Waals surface area contributed by atoms with E-state index in [1.54, 1.807) is 0 Å². The monoisotopic (exact) mass is 288 g/mol. The van der Waals surface area contributed by atoms with Crippen LogP contribution in [-0.2, 0) is 14.3 Å². The van der Waals surface area contributed by atoms with Gasteiger partial charge in [-0.15, -0.1) is 0 Å². The molecule has 0 bridgehead atoms. The van der Waals surface area contributed by atoms with Crippen LogP contribution >= 0.6 is 0 Å². The summed E-state index contributed by atoms with van der Waals surface area (Å²) in [5.41, 5.74) is 0. The lowest BCUT2D eigenvalue weighted by Crippen LogP contribution is -2.57. The Bertz CT molecular complexity index is 353. The predicted octanol–water partition coefficient (Wildman–Crippen LogP) is 2.71. The number of hydrogen-bond donors (Lipinski definition) is 0. The first kappa shape index (κ1) is 15.9. The van der Waals surface area contributed by atoms with E-state index in [9.17, 15) is 26.7 Å². The summed E-state index contributed by atoms with van der Waals surface area (Å²) in [7, 11) is 0.